The van der Waals surface area contributed by atoms with Gasteiger partial charge < -0.3 is 24.1 Å². The van der Waals surface area contributed by atoms with Crippen LogP contribution in [0, 0.1) is 11.8 Å². The summed E-state index contributed by atoms with van der Waals surface area (Å²) in [6.07, 6.45) is 12.3. The van der Waals surface area contributed by atoms with Gasteiger partial charge in [0.05, 0.1) is 18.3 Å². The summed E-state index contributed by atoms with van der Waals surface area (Å²) < 4.78 is 23.4. The zero-order chi connectivity index (χ0) is 32.6. The maximum Gasteiger partial charge on any atom is 0.306 e. The van der Waals surface area contributed by atoms with E-state index in [0.717, 1.165) is 30.4 Å². The van der Waals surface area contributed by atoms with Gasteiger partial charge in [-0.1, -0.05) is 82.6 Å². The van der Waals surface area contributed by atoms with E-state index in [1.165, 1.54) is 58.6 Å². The van der Waals surface area contributed by atoms with Crippen LogP contribution < -0.4 is 0 Å². The Bertz CT molecular complexity index is 1040. The van der Waals surface area contributed by atoms with Gasteiger partial charge in [0.25, 0.3) is 0 Å². The van der Waals surface area contributed by atoms with Crippen molar-refractivity contribution in [3.05, 3.63) is 47.8 Å². The summed E-state index contributed by atoms with van der Waals surface area (Å²) >= 11 is 0. The van der Waals surface area contributed by atoms with E-state index in [1.54, 1.807) is 6.08 Å². The quantitative estimate of drug-likeness (QED) is 0.0810. The van der Waals surface area contributed by atoms with Crippen LogP contribution in [-0.4, -0.2) is 47.6 Å². The molecular weight excluding hydrogens is 560 g/mol. The van der Waals surface area contributed by atoms with Gasteiger partial charge in [0.2, 0.25) is 6.29 Å². The Hall–Kier alpha value is -2.87. The highest BCUT2D eigenvalue weighted by Gasteiger charge is 2.45. The molecule has 8 heteroatoms. The van der Waals surface area contributed by atoms with E-state index in [-0.39, 0.29) is 18.3 Å². The zero-order valence-electron chi connectivity index (χ0n) is 27.7. The third kappa shape index (κ3) is 12.6. The fraction of sp³-hybridized carbons (Fsp3) is 0.694. The number of allylic oxidation sites excluding steroid dienone is 1. The molecule has 1 saturated carbocycles. The van der Waals surface area contributed by atoms with Crippen LogP contribution in [0.2, 0.25) is 0 Å². The Morgan fingerprint density at radius 1 is 0.909 bits per heavy atom. The molecule has 2 rings (SSSR count). The van der Waals surface area contributed by atoms with E-state index in [1.807, 2.05) is 13.8 Å². The van der Waals surface area contributed by atoms with Gasteiger partial charge in [-0.3, -0.25) is 14.4 Å². The number of esters is 3. The summed E-state index contributed by atoms with van der Waals surface area (Å²) in [5.41, 5.74) is 2.95. The Balaban J connectivity index is 2.29. The molecule has 1 aliphatic carbocycles. The highest BCUT2D eigenvalue weighted by Crippen LogP contribution is 2.44. The van der Waals surface area contributed by atoms with Crippen LogP contribution in [0.4, 0.5) is 0 Å². The molecular formula is C36H56O8. The predicted molar refractivity (Wildman–Crippen MR) is 171 cm³/mol. The average Bonchev–Trinajstić information content (AvgIpc) is 3.00. The monoisotopic (exact) mass is 616 g/mol. The number of hydrogen-bond acceptors (Lipinski definition) is 8. The fourth-order valence-corrected chi connectivity index (χ4v) is 6.09. The Morgan fingerprint density at radius 3 is 2.11 bits per heavy atom. The van der Waals surface area contributed by atoms with Crippen molar-refractivity contribution in [3.8, 4) is 0 Å². The lowest BCUT2D eigenvalue weighted by Gasteiger charge is -2.41. The Morgan fingerprint density at radius 2 is 1.52 bits per heavy atom. The lowest BCUT2D eigenvalue weighted by molar-refractivity contribution is -0.182. The molecule has 8 nitrogen and oxygen atoms in total. The van der Waals surface area contributed by atoms with Crippen molar-refractivity contribution in [1.82, 2.24) is 0 Å². The smallest absolute Gasteiger partial charge is 0.306 e. The van der Waals surface area contributed by atoms with E-state index < -0.39 is 42.5 Å². The minimum absolute atomic E-state index is 0.278. The van der Waals surface area contributed by atoms with Gasteiger partial charge in [0.1, 0.15) is 0 Å². The van der Waals surface area contributed by atoms with Crippen molar-refractivity contribution >= 4 is 17.9 Å². The van der Waals surface area contributed by atoms with E-state index in [4.69, 9.17) is 18.9 Å². The summed E-state index contributed by atoms with van der Waals surface area (Å²) in [5.74, 6) is -2.17. The minimum atomic E-state index is -0.966. The number of carbonyl (C=O) groups excluding carboxylic acids is 3. The van der Waals surface area contributed by atoms with E-state index >= 15 is 0 Å². The largest absolute Gasteiger partial charge is 0.462 e. The molecule has 0 aromatic carbocycles. The molecule has 1 N–H and O–H groups in total. The highest BCUT2D eigenvalue weighted by molar-refractivity contribution is 5.70. The molecule has 0 spiro atoms. The molecule has 44 heavy (non-hydrogen) atoms. The van der Waals surface area contributed by atoms with Gasteiger partial charge in [0.15, 0.2) is 12.2 Å². The molecule has 6 unspecified atom stereocenters. The van der Waals surface area contributed by atoms with Crippen molar-refractivity contribution < 1.29 is 38.4 Å². The molecule has 0 saturated heterocycles. The van der Waals surface area contributed by atoms with Gasteiger partial charge in [-0.05, 0) is 57.6 Å². The highest BCUT2D eigenvalue weighted by atomic mass is 16.7. The first-order valence-electron chi connectivity index (χ1n) is 16.5. The molecule has 6 atom stereocenters. The van der Waals surface area contributed by atoms with E-state index in [9.17, 15) is 19.5 Å². The van der Waals surface area contributed by atoms with Crippen molar-refractivity contribution in [2.75, 3.05) is 0 Å². The summed E-state index contributed by atoms with van der Waals surface area (Å²) in [5, 5.41) is 10.6. The summed E-state index contributed by atoms with van der Waals surface area (Å²) in [4.78, 5) is 37.5. The van der Waals surface area contributed by atoms with Crippen LogP contribution in [0.5, 0.6) is 0 Å². The number of fused-ring (bicyclic) bond motifs is 1. The summed E-state index contributed by atoms with van der Waals surface area (Å²) in [6.45, 7) is 17.0. The average molecular weight is 617 g/mol. The molecule has 0 amide bonds. The van der Waals surface area contributed by atoms with Crippen molar-refractivity contribution in [2.24, 2.45) is 11.8 Å². The van der Waals surface area contributed by atoms with Crippen molar-refractivity contribution in [2.45, 2.75) is 149 Å². The van der Waals surface area contributed by atoms with E-state index in [2.05, 4.69) is 20.1 Å². The van der Waals surface area contributed by atoms with Gasteiger partial charge >= 0.3 is 17.9 Å². The normalized spacial score (nSPS) is 23.4. The second-order valence-electron chi connectivity index (χ2n) is 12.6. The van der Waals surface area contributed by atoms with Crippen LogP contribution >= 0.6 is 0 Å². The first-order valence-corrected chi connectivity index (χ1v) is 16.5. The van der Waals surface area contributed by atoms with Gasteiger partial charge in [0, 0.05) is 31.8 Å². The number of aliphatic hydroxyl groups excluding tert-OH is 1. The Kier molecular flexibility index (Phi) is 16.5. The summed E-state index contributed by atoms with van der Waals surface area (Å²) in [6, 6.07) is 0. The molecule has 1 fully saturated rings. The first kappa shape index (κ1) is 37.3. The number of aliphatic hydroxyl groups is 1. The predicted octanol–water partition coefficient (Wildman–Crippen LogP) is 7.80. The minimum Gasteiger partial charge on any atom is -0.462 e. The second-order valence-corrected chi connectivity index (χ2v) is 12.6. The van der Waals surface area contributed by atoms with Crippen LogP contribution in [0.25, 0.3) is 0 Å². The molecule has 2 aliphatic rings. The lowest BCUT2D eigenvalue weighted by atomic mass is 9.74. The van der Waals surface area contributed by atoms with Crippen LogP contribution in [0.3, 0.4) is 0 Å². The standard InChI is InChI=1S/C36H56O8/c1-8-9-10-11-12-13-14-15-16-17-33(40)44-32(22-24(2)3)35(42-27(6)37)30-23-41-36(43-28(7)38)34-26(5)19-21-31(39)25(4)18-20-29(30)34/h22-23,29,31-32,34-36,39H,4-5,8-21H2,1-3,6-7H3. The molecule has 0 radical (unpaired) electrons. The molecule has 0 aromatic heterocycles. The third-order valence-corrected chi connectivity index (χ3v) is 8.40. The summed E-state index contributed by atoms with van der Waals surface area (Å²) in [7, 11) is 0. The topological polar surface area (TPSA) is 108 Å². The second kappa shape index (κ2) is 19.5. The number of ether oxygens (including phenoxy) is 4. The van der Waals surface area contributed by atoms with Gasteiger partial charge in [-0.25, -0.2) is 0 Å². The third-order valence-electron chi connectivity index (χ3n) is 8.40. The molecule has 1 heterocycles. The molecule has 0 aromatic rings. The number of hydrogen-bond donors (Lipinski definition) is 1. The lowest BCUT2D eigenvalue weighted by Crippen LogP contribution is -2.45. The number of unbranched alkanes of at least 4 members (excludes halogenated alkanes) is 8. The van der Waals surface area contributed by atoms with Gasteiger partial charge in [-0.2, -0.15) is 0 Å². The number of rotatable bonds is 16. The van der Waals surface area contributed by atoms with Gasteiger partial charge in [-0.15, -0.1) is 0 Å². The SMILES string of the molecule is C=C1CCC2C(C(OC(C)=O)C(C=C(C)C)OC(=O)CCCCCCCCCCC)=COC(OC(C)=O)C2C(=C)CCC1O. The van der Waals surface area contributed by atoms with Crippen LogP contribution in [0.1, 0.15) is 125 Å². The fourth-order valence-electron chi connectivity index (χ4n) is 6.09. The van der Waals surface area contributed by atoms with Crippen LogP contribution in [0.15, 0.2) is 47.8 Å². The maximum atomic E-state index is 13.1. The Labute approximate surface area is 264 Å². The molecule has 1 aliphatic heterocycles. The van der Waals surface area contributed by atoms with E-state index in [0.29, 0.717) is 36.8 Å². The van der Waals surface area contributed by atoms with Crippen LogP contribution in [-0.2, 0) is 33.3 Å². The maximum absolute atomic E-state index is 13.1. The zero-order valence-corrected chi connectivity index (χ0v) is 27.7. The molecule has 0 bridgehead atoms. The van der Waals surface area contributed by atoms with Crippen molar-refractivity contribution in [1.29, 1.82) is 0 Å². The van der Waals surface area contributed by atoms with Crippen molar-refractivity contribution in [3.63, 3.8) is 0 Å². The first-order chi connectivity index (χ1) is 20.9. The molecule has 248 valence electrons. The number of carbonyl (C=O) groups is 3.